The molecule has 0 saturated carbocycles. The summed E-state index contributed by atoms with van der Waals surface area (Å²) < 4.78 is 10.7. The molecule has 2 N–H and O–H groups in total. The fraction of sp³-hybridized carbons (Fsp3) is 0.647. The molecule has 0 bridgehead atoms. The zero-order valence-corrected chi connectivity index (χ0v) is 13.7. The molecule has 0 saturated heterocycles. The lowest BCUT2D eigenvalue weighted by Gasteiger charge is -2.27. The molecule has 4 heteroatoms. The number of hydrogen-bond donors (Lipinski definition) is 2. The zero-order chi connectivity index (χ0) is 16.0. The van der Waals surface area contributed by atoms with Crippen molar-refractivity contribution in [3.8, 4) is 0 Å². The van der Waals surface area contributed by atoms with Crippen LogP contribution in [0.4, 0.5) is 0 Å². The standard InChI is InChI=1S/C17H28O4/c1-6-20-16(21-7-2)15(19)14(18)12-8-10-13(11-9-12)17(3,4)5/h8-11,14-16,18-19H,6-7H2,1-5H3. The van der Waals surface area contributed by atoms with Crippen LogP contribution in [0.1, 0.15) is 51.8 Å². The first-order valence-corrected chi connectivity index (χ1v) is 7.51. The quantitative estimate of drug-likeness (QED) is 0.760. The summed E-state index contributed by atoms with van der Waals surface area (Å²) >= 11 is 0. The molecule has 0 aliphatic heterocycles. The molecule has 21 heavy (non-hydrogen) atoms. The third kappa shape index (κ3) is 5.08. The van der Waals surface area contributed by atoms with Crippen molar-refractivity contribution >= 4 is 0 Å². The van der Waals surface area contributed by atoms with Gasteiger partial charge in [-0.3, -0.25) is 0 Å². The van der Waals surface area contributed by atoms with E-state index in [1.54, 1.807) is 0 Å². The molecule has 0 amide bonds. The molecule has 1 rings (SSSR count). The summed E-state index contributed by atoms with van der Waals surface area (Å²) in [5, 5.41) is 20.5. The lowest BCUT2D eigenvalue weighted by atomic mass is 9.86. The maximum Gasteiger partial charge on any atom is 0.186 e. The first kappa shape index (κ1) is 18.1. The maximum atomic E-state index is 10.3. The lowest BCUT2D eigenvalue weighted by Crippen LogP contribution is -2.36. The van der Waals surface area contributed by atoms with Crippen LogP contribution in [0.5, 0.6) is 0 Å². The van der Waals surface area contributed by atoms with E-state index in [2.05, 4.69) is 20.8 Å². The van der Waals surface area contributed by atoms with E-state index in [0.29, 0.717) is 18.8 Å². The van der Waals surface area contributed by atoms with Crippen LogP contribution in [-0.2, 0) is 14.9 Å². The van der Waals surface area contributed by atoms with Gasteiger partial charge >= 0.3 is 0 Å². The van der Waals surface area contributed by atoms with Crippen LogP contribution < -0.4 is 0 Å². The van der Waals surface area contributed by atoms with Crippen molar-refractivity contribution in [2.24, 2.45) is 0 Å². The van der Waals surface area contributed by atoms with Crippen LogP contribution >= 0.6 is 0 Å². The second-order valence-electron chi connectivity index (χ2n) is 6.09. The minimum Gasteiger partial charge on any atom is -0.385 e. The third-order valence-electron chi connectivity index (χ3n) is 3.38. The van der Waals surface area contributed by atoms with Crippen molar-refractivity contribution in [3.63, 3.8) is 0 Å². The van der Waals surface area contributed by atoms with E-state index in [-0.39, 0.29) is 5.41 Å². The molecule has 0 aliphatic rings. The second kappa shape index (κ2) is 7.90. The maximum absolute atomic E-state index is 10.3. The molecule has 0 spiro atoms. The van der Waals surface area contributed by atoms with E-state index < -0.39 is 18.5 Å². The summed E-state index contributed by atoms with van der Waals surface area (Å²) in [6.45, 7) is 10.9. The molecule has 2 unspecified atom stereocenters. The molecule has 0 aliphatic carbocycles. The van der Waals surface area contributed by atoms with Gasteiger partial charge in [-0.05, 0) is 30.4 Å². The van der Waals surface area contributed by atoms with Crippen LogP contribution in [0.3, 0.4) is 0 Å². The van der Waals surface area contributed by atoms with Crippen molar-refractivity contribution in [1.29, 1.82) is 0 Å². The third-order valence-corrected chi connectivity index (χ3v) is 3.38. The van der Waals surface area contributed by atoms with Crippen LogP contribution in [0.25, 0.3) is 0 Å². The molecular formula is C17H28O4. The minimum atomic E-state index is -1.12. The Morgan fingerprint density at radius 2 is 1.43 bits per heavy atom. The number of rotatable bonds is 7. The summed E-state index contributed by atoms with van der Waals surface area (Å²) in [6, 6.07) is 7.62. The van der Waals surface area contributed by atoms with Gasteiger partial charge in [0.05, 0.1) is 0 Å². The van der Waals surface area contributed by atoms with Crippen molar-refractivity contribution in [2.75, 3.05) is 13.2 Å². The summed E-state index contributed by atoms with van der Waals surface area (Å²) in [4.78, 5) is 0. The Morgan fingerprint density at radius 1 is 0.952 bits per heavy atom. The van der Waals surface area contributed by atoms with E-state index in [9.17, 15) is 10.2 Å². The van der Waals surface area contributed by atoms with Gasteiger partial charge in [0.1, 0.15) is 12.2 Å². The first-order valence-electron chi connectivity index (χ1n) is 7.51. The Kier molecular flexibility index (Phi) is 6.81. The molecule has 120 valence electrons. The molecule has 2 atom stereocenters. The molecule has 1 aromatic rings. The van der Waals surface area contributed by atoms with Gasteiger partial charge in [-0.15, -0.1) is 0 Å². The summed E-state index contributed by atoms with van der Waals surface area (Å²) in [5.41, 5.74) is 1.89. The van der Waals surface area contributed by atoms with Crippen molar-refractivity contribution in [1.82, 2.24) is 0 Å². The van der Waals surface area contributed by atoms with Gasteiger partial charge < -0.3 is 19.7 Å². The topological polar surface area (TPSA) is 58.9 Å². The highest BCUT2D eigenvalue weighted by atomic mass is 16.7. The van der Waals surface area contributed by atoms with Gasteiger partial charge in [0.15, 0.2) is 6.29 Å². The van der Waals surface area contributed by atoms with Crippen molar-refractivity contribution in [2.45, 2.75) is 58.5 Å². The van der Waals surface area contributed by atoms with Gasteiger partial charge in [0.25, 0.3) is 0 Å². The summed E-state index contributed by atoms with van der Waals surface area (Å²) in [6.07, 6.45) is -2.98. The minimum absolute atomic E-state index is 0.0568. The lowest BCUT2D eigenvalue weighted by molar-refractivity contribution is -0.212. The molecule has 0 radical (unpaired) electrons. The summed E-state index contributed by atoms with van der Waals surface area (Å²) in [5.74, 6) is 0. The Bertz CT molecular complexity index is 402. The van der Waals surface area contributed by atoms with Crippen molar-refractivity contribution < 1.29 is 19.7 Å². The number of ether oxygens (including phenoxy) is 2. The predicted octanol–water partition coefficient (Wildman–Crippen LogP) is 2.78. The highest BCUT2D eigenvalue weighted by Gasteiger charge is 2.28. The van der Waals surface area contributed by atoms with Crippen LogP contribution in [0, 0.1) is 0 Å². The number of benzene rings is 1. The van der Waals surface area contributed by atoms with Gasteiger partial charge in [-0.1, -0.05) is 45.0 Å². The monoisotopic (exact) mass is 296 g/mol. The number of hydrogen-bond acceptors (Lipinski definition) is 4. The molecule has 4 nitrogen and oxygen atoms in total. The van der Waals surface area contributed by atoms with Gasteiger partial charge in [0.2, 0.25) is 0 Å². The Balaban J connectivity index is 2.83. The highest BCUT2D eigenvalue weighted by Crippen LogP contribution is 2.26. The van der Waals surface area contributed by atoms with Crippen LogP contribution in [-0.4, -0.2) is 35.8 Å². The molecule has 1 aromatic carbocycles. The largest absolute Gasteiger partial charge is 0.385 e. The smallest absolute Gasteiger partial charge is 0.186 e. The van der Waals surface area contributed by atoms with Gasteiger partial charge in [0, 0.05) is 13.2 Å². The summed E-state index contributed by atoms with van der Waals surface area (Å²) in [7, 11) is 0. The van der Waals surface area contributed by atoms with Crippen LogP contribution in [0.2, 0.25) is 0 Å². The fourth-order valence-corrected chi connectivity index (χ4v) is 2.10. The van der Waals surface area contributed by atoms with E-state index in [0.717, 1.165) is 0 Å². The van der Waals surface area contributed by atoms with E-state index in [4.69, 9.17) is 9.47 Å². The van der Waals surface area contributed by atoms with E-state index in [1.807, 2.05) is 38.1 Å². The second-order valence-corrected chi connectivity index (χ2v) is 6.09. The van der Waals surface area contributed by atoms with Gasteiger partial charge in [-0.25, -0.2) is 0 Å². The molecule has 0 aromatic heterocycles. The SMILES string of the molecule is CCOC(OCC)C(O)C(O)c1ccc(C(C)(C)C)cc1. The van der Waals surface area contributed by atoms with E-state index in [1.165, 1.54) is 5.56 Å². The first-order chi connectivity index (χ1) is 9.81. The average molecular weight is 296 g/mol. The molecule has 0 fully saturated rings. The zero-order valence-electron chi connectivity index (χ0n) is 13.7. The van der Waals surface area contributed by atoms with Gasteiger partial charge in [-0.2, -0.15) is 0 Å². The highest BCUT2D eigenvalue weighted by molar-refractivity contribution is 5.29. The normalized spacial score (nSPS) is 15.2. The Labute approximate surface area is 127 Å². The predicted molar refractivity (Wildman–Crippen MR) is 83.1 cm³/mol. The number of aliphatic hydroxyl groups excluding tert-OH is 2. The fourth-order valence-electron chi connectivity index (χ4n) is 2.10. The van der Waals surface area contributed by atoms with Crippen molar-refractivity contribution in [3.05, 3.63) is 35.4 Å². The number of aliphatic hydroxyl groups is 2. The average Bonchev–Trinajstić information content (AvgIpc) is 2.45. The molecular weight excluding hydrogens is 268 g/mol. The van der Waals surface area contributed by atoms with Crippen LogP contribution in [0.15, 0.2) is 24.3 Å². The molecule has 0 heterocycles. The Hall–Kier alpha value is -0.940. The Morgan fingerprint density at radius 3 is 1.81 bits per heavy atom. The van der Waals surface area contributed by atoms with E-state index >= 15 is 0 Å².